The molecule has 0 spiro atoms. The molecular weight excluding hydrogens is 323 g/mol. The number of alkyl halides is 1. The van der Waals surface area contributed by atoms with Crippen molar-refractivity contribution < 1.29 is 19.3 Å². The van der Waals surface area contributed by atoms with E-state index in [1.54, 1.807) is 6.08 Å². The van der Waals surface area contributed by atoms with Crippen LogP contribution in [0.25, 0.3) is 0 Å². The first kappa shape index (κ1) is 12.8. The molecule has 0 unspecified atom stereocenters. The molecule has 0 aliphatic carbocycles. The fourth-order valence-corrected chi connectivity index (χ4v) is 3.25. The summed E-state index contributed by atoms with van der Waals surface area (Å²) >= 11 is 2.19. The Balaban J connectivity index is 2.23. The molecule has 2 aliphatic rings. The summed E-state index contributed by atoms with van der Waals surface area (Å²) < 4.78 is 17.7. The highest BCUT2D eigenvalue weighted by Crippen LogP contribution is 2.45. The highest BCUT2D eigenvalue weighted by Gasteiger charge is 2.61. The summed E-state index contributed by atoms with van der Waals surface area (Å²) in [5, 5.41) is 10.6. The van der Waals surface area contributed by atoms with Gasteiger partial charge in [-0.2, -0.15) is 0 Å². The number of ether oxygens (including phenoxy) is 3. The highest BCUT2D eigenvalue weighted by atomic mass is 127. The van der Waals surface area contributed by atoms with Crippen LogP contribution in [0.3, 0.4) is 0 Å². The maximum atomic E-state index is 10.6. The van der Waals surface area contributed by atoms with Gasteiger partial charge < -0.3 is 19.3 Å². The Morgan fingerprint density at radius 1 is 1.44 bits per heavy atom. The lowest BCUT2D eigenvalue weighted by Gasteiger charge is -2.32. The maximum Gasteiger partial charge on any atom is 0.190 e. The van der Waals surface area contributed by atoms with Gasteiger partial charge in [0.05, 0.1) is 0 Å². The molecule has 0 amide bonds. The van der Waals surface area contributed by atoms with Crippen LogP contribution in [-0.4, -0.2) is 39.4 Å². The van der Waals surface area contributed by atoms with Gasteiger partial charge in [-0.05, 0) is 20.3 Å². The van der Waals surface area contributed by atoms with E-state index in [9.17, 15) is 5.11 Å². The predicted octanol–water partition coefficient (Wildman–Crippen LogP) is 1.60. The van der Waals surface area contributed by atoms with Gasteiger partial charge in [0.15, 0.2) is 12.1 Å². The summed E-state index contributed by atoms with van der Waals surface area (Å²) in [6, 6.07) is 0. The van der Waals surface area contributed by atoms with Crippen LogP contribution in [0, 0.1) is 0 Å². The molecule has 0 aromatic rings. The third kappa shape index (κ3) is 1.92. The maximum absolute atomic E-state index is 10.6. The van der Waals surface area contributed by atoms with E-state index in [1.165, 1.54) is 0 Å². The molecule has 2 aliphatic heterocycles. The summed E-state index contributed by atoms with van der Waals surface area (Å²) in [6.07, 6.45) is 0.971. The first-order valence-electron chi connectivity index (χ1n) is 5.33. The number of rotatable bonds is 3. The van der Waals surface area contributed by atoms with Gasteiger partial charge in [0.1, 0.15) is 17.8 Å². The van der Waals surface area contributed by atoms with Gasteiger partial charge in [0, 0.05) is 4.43 Å². The molecule has 0 radical (unpaired) electrons. The number of aliphatic hydroxyl groups is 1. The van der Waals surface area contributed by atoms with Crippen molar-refractivity contribution in [3.05, 3.63) is 12.7 Å². The molecule has 4 atom stereocenters. The lowest BCUT2D eigenvalue weighted by molar-refractivity contribution is -0.225. The van der Waals surface area contributed by atoms with Crippen LogP contribution in [0.15, 0.2) is 12.7 Å². The Morgan fingerprint density at radius 2 is 2.12 bits per heavy atom. The van der Waals surface area contributed by atoms with Crippen LogP contribution < -0.4 is 0 Å². The first-order chi connectivity index (χ1) is 7.43. The van der Waals surface area contributed by atoms with Crippen molar-refractivity contribution in [1.82, 2.24) is 0 Å². The quantitative estimate of drug-likeness (QED) is 0.482. The molecular formula is C11H17IO4. The largest absolute Gasteiger partial charge is 0.384 e. The van der Waals surface area contributed by atoms with Gasteiger partial charge in [-0.3, -0.25) is 0 Å². The molecule has 1 N–H and O–H groups in total. The third-order valence-corrected chi connectivity index (χ3v) is 3.82. The van der Waals surface area contributed by atoms with Crippen molar-refractivity contribution in [2.75, 3.05) is 4.43 Å². The zero-order valence-corrected chi connectivity index (χ0v) is 11.6. The molecule has 4 nitrogen and oxygen atoms in total. The van der Waals surface area contributed by atoms with Gasteiger partial charge in [-0.25, -0.2) is 0 Å². The highest BCUT2D eigenvalue weighted by molar-refractivity contribution is 14.1. The smallest absolute Gasteiger partial charge is 0.190 e. The monoisotopic (exact) mass is 340 g/mol. The minimum Gasteiger partial charge on any atom is -0.384 e. The number of halogens is 1. The lowest BCUT2D eigenvalue weighted by Crippen LogP contribution is -2.49. The van der Waals surface area contributed by atoms with Gasteiger partial charge in [-0.1, -0.05) is 28.7 Å². The average molecular weight is 340 g/mol. The van der Waals surface area contributed by atoms with Crippen LogP contribution in [0.4, 0.5) is 0 Å². The summed E-state index contributed by atoms with van der Waals surface area (Å²) in [5.74, 6) is -0.694. The Bertz CT molecular complexity index is 294. The van der Waals surface area contributed by atoms with E-state index in [0.29, 0.717) is 10.8 Å². The van der Waals surface area contributed by atoms with Gasteiger partial charge >= 0.3 is 0 Å². The second kappa shape index (κ2) is 4.20. The second-order valence-corrected chi connectivity index (χ2v) is 5.57. The van der Waals surface area contributed by atoms with E-state index >= 15 is 0 Å². The van der Waals surface area contributed by atoms with E-state index in [0.717, 1.165) is 0 Å². The van der Waals surface area contributed by atoms with E-state index < -0.39 is 23.8 Å². The molecule has 2 rings (SSSR count). The normalized spacial score (nSPS) is 45.6. The minimum atomic E-state index is -1.03. The summed E-state index contributed by atoms with van der Waals surface area (Å²) in [4.78, 5) is 0. The third-order valence-electron chi connectivity index (χ3n) is 3.02. The van der Waals surface area contributed by atoms with Gasteiger partial charge in [0.25, 0.3) is 0 Å². The number of hydrogen-bond donors (Lipinski definition) is 1. The molecule has 2 fully saturated rings. The molecule has 92 valence electrons. The average Bonchev–Trinajstić information content (AvgIpc) is 2.61. The van der Waals surface area contributed by atoms with E-state index in [2.05, 4.69) is 29.2 Å². The van der Waals surface area contributed by atoms with Gasteiger partial charge in [0.2, 0.25) is 0 Å². The van der Waals surface area contributed by atoms with Crippen molar-refractivity contribution in [2.24, 2.45) is 0 Å². The molecule has 2 saturated heterocycles. The Labute approximate surface area is 109 Å². The Kier molecular flexibility index (Phi) is 3.35. The molecule has 5 heteroatoms. The van der Waals surface area contributed by atoms with Crippen molar-refractivity contribution in [2.45, 2.75) is 50.2 Å². The van der Waals surface area contributed by atoms with E-state index in [1.807, 2.05) is 13.8 Å². The molecule has 0 aromatic carbocycles. The lowest BCUT2D eigenvalue weighted by atomic mass is 9.90. The van der Waals surface area contributed by atoms with Crippen LogP contribution in [0.1, 0.15) is 20.3 Å². The standard InChI is InChI=1S/C11H17IO4/c1-4-5-11(13)7(6-12)14-9-8(11)15-10(2,3)16-9/h4,7-9,13H,1,5-6H2,2-3H3/t7-,8+,9-,11-/m1/s1. The van der Waals surface area contributed by atoms with Crippen molar-refractivity contribution in [1.29, 1.82) is 0 Å². The van der Waals surface area contributed by atoms with Crippen molar-refractivity contribution in [3.8, 4) is 0 Å². The molecule has 0 aromatic heterocycles. The Morgan fingerprint density at radius 3 is 2.69 bits per heavy atom. The predicted molar refractivity (Wildman–Crippen MR) is 67.3 cm³/mol. The minimum absolute atomic E-state index is 0.266. The SMILES string of the molecule is C=CC[C@@]1(O)[C@@H](CI)O[C@@H]2OC(C)(C)O[C@@H]21. The topological polar surface area (TPSA) is 47.9 Å². The van der Waals surface area contributed by atoms with Crippen LogP contribution in [0.5, 0.6) is 0 Å². The van der Waals surface area contributed by atoms with Gasteiger partial charge in [-0.15, -0.1) is 6.58 Å². The summed E-state index contributed by atoms with van der Waals surface area (Å²) in [7, 11) is 0. The van der Waals surface area contributed by atoms with Crippen LogP contribution in [0.2, 0.25) is 0 Å². The molecule has 0 saturated carbocycles. The zero-order chi connectivity index (χ0) is 12.0. The zero-order valence-electron chi connectivity index (χ0n) is 9.48. The molecule has 2 heterocycles. The fourth-order valence-electron chi connectivity index (χ4n) is 2.28. The molecule has 16 heavy (non-hydrogen) atoms. The molecule has 0 bridgehead atoms. The summed E-state index contributed by atoms with van der Waals surface area (Å²) in [6.45, 7) is 7.32. The van der Waals surface area contributed by atoms with Crippen LogP contribution in [-0.2, 0) is 14.2 Å². The first-order valence-corrected chi connectivity index (χ1v) is 6.86. The number of fused-ring (bicyclic) bond motifs is 1. The van der Waals surface area contributed by atoms with E-state index in [-0.39, 0.29) is 6.10 Å². The Hall–Kier alpha value is 0.310. The second-order valence-electron chi connectivity index (χ2n) is 4.69. The van der Waals surface area contributed by atoms with Crippen molar-refractivity contribution >= 4 is 22.6 Å². The summed E-state index contributed by atoms with van der Waals surface area (Å²) in [5.41, 5.74) is -1.03. The number of hydrogen-bond acceptors (Lipinski definition) is 4. The van der Waals surface area contributed by atoms with Crippen LogP contribution >= 0.6 is 22.6 Å². The fraction of sp³-hybridized carbons (Fsp3) is 0.818. The van der Waals surface area contributed by atoms with E-state index in [4.69, 9.17) is 14.2 Å². The van der Waals surface area contributed by atoms with Crippen molar-refractivity contribution in [3.63, 3.8) is 0 Å².